The van der Waals surface area contributed by atoms with Gasteiger partial charge in [0, 0.05) is 5.56 Å². The third-order valence-corrected chi connectivity index (χ3v) is 6.67. The van der Waals surface area contributed by atoms with Gasteiger partial charge in [0.05, 0.1) is 0 Å². The van der Waals surface area contributed by atoms with Crippen LogP contribution in [0.25, 0.3) is 12.2 Å². The first-order valence-corrected chi connectivity index (χ1v) is 12.8. The van der Waals surface area contributed by atoms with Gasteiger partial charge in [0.15, 0.2) is 0 Å². The van der Waals surface area contributed by atoms with Crippen molar-refractivity contribution in [1.29, 1.82) is 0 Å². The average molecular weight is 463 g/mol. The lowest BCUT2D eigenvalue weighted by Gasteiger charge is -2.12. The summed E-state index contributed by atoms with van der Waals surface area (Å²) in [6.07, 6.45) is 8.92. The molecule has 178 valence electrons. The molecule has 4 aromatic rings. The van der Waals surface area contributed by atoms with Gasteiger partial charge >= 0.3 is 0 Å². The quantitative estimate of drug-likeness (QED) is 0.206. The van der Waals surface area contributed by atoms with E-state index in [1.54, 1.807) is 6.07 Å². The summed E-state index contributed by atoms with van der Waals surface area (Å²) in [4.78, 5) is 0. The minimum atomic E-state index is -0.162. The van der Waals surface area contributed by atoms with Crippen LogP contribution in [0.15, 0.2) is 97.1 Å². The Morgan fingerprint density at radius 3 is 1.91 bits per heavy atom. The van der Waals surface area contributed by atoms with Crippen LogP contribution in [0.3, 0.4) is 0 Å². The summed E-state index contributed by atoms with van der Waals surface area (Å²) in [6.45, 7) is 4.46. The van der Waals surface area contributed by atoms with Crippen molar-refractivity contribution >= 4 is 12.2 Å². The second-order valence-corrected chi connectivity index (χ2v) is 9.51. The van der Waals surface area contributed by atoms with Gasteiger partial charge in [0.2, 0.25) is 0 Å². The second kappa shape index (κ2) is 12.3. The molecule has 0 aromatic heterocycles. The predicted molar refractivity (Wildman–Crippen MR) is 148 cm³/mol. The van der Waals surface area contributed by atoms with Crippen molar-refractivity contribution in [3.63, 3.8) is 0 Å². The molecule has 1 unspecified atom stereocenters. The van der Waals surface area contributed by atoms with Gasteiger partial charge in [-0.25, -0.2) is 4.39 Å². The van der Waals surface area contributed by atoms with Crippen LogP contribution in [0.2, 0.25) is 0 Å². The van der Waals surface area contributed by atoms with Crippen LogP contribution in [-0.4, -0.2) is 0 Å². The topological polar surface area (TPSA) is 0 Å². The molecule has 1 atom stereocenters. The second-order valence-electron chi connectivity index (χ2n) is 9.51. The Labute approximate surface area is 210 Å². The Morgan fingerprint density at radius 1 is 0.657 bits per heavy atom. The van der Waals surface area contributed by atoms with E-state index in [9.17, 15) is 4.39 Å². The van der Waals surface area contributed by atoms with Crippen molar-refractivity contribution in [2.45, 2.75) is 51.9 Å². The first kappa shape index (κ1) is 24.7. The Kier molecular flexibility index (Phi) is 8.68. The molecule has 35 heavy (non-hydrogen) atoms. The Morgan fingerprint density at radius 2 is 1.26 bits per heavy atom. The Hall–Kier alpha value is -3.45. The van der Waals surface area contributed by atoms with Crippen molar-refractivity contribution in [3.8, 4) is 0 Å². The van der Waals surface area contributed by atoms with Gasteiger partial charge in [0.1, 0.15) is 5.82 Å². The molecule has 0 amide bonds. The lowest BCUT2D eigenvalue weighted by atomic mass is 9.93. The molecule has 0 saturated heterocycles. The van der Waals surface area contributed by atoms with E-state index in [0.29, 0.717) is 11.5 Å². The van der Waals surface area contributed by atoms with E-state index in [4.69, 9.17) is 0 Å². The summed E-state index contributed by atoms with van der Waals surface area (Å²) < 4.78 is 14.7. The number of hydrogen-bond donors (Lipinski definition) is 0. The van der Waals surface area contributed by atoms with E-state index in [0.717, 1.165) is 36.8 Å². The van der Waals surface area contributed by atoms with Crippen LogP contribution >= 0.6 is 0 Å². The molecule has 4 aromatic carbocycles. The molecule has 0 spiro atoms. The average Bonchev–Trinajstić information content (AvgIpc) is 2.89. The largest absolute Gasteiger partial charge is 0.206 e. The van der Waals surface area contributed by atoms with Crippen LogP contribution in [0.4, 0.5) is 4.39 Å². The molecule has 0 saturated carbocycles. The molecule has 0 bridgehead atoms. The molecule has 0 heterocycles. The molecule has 0 fully saturated rings. The summed E-state index contributed by atoms with van der Waals surface area (Å²) in [5.41, 5.74) is 8.10. The zero-order chi connectivity index (χ0) is 24.5. The maximum absolute atomic E-state index is 14.7. The predicted octanol–water partition coefficient (Wildman–Crippen LogP) is 9.08. The van der Waals surface area contributed by atoms with Crippen molar-refractivity contribution < 1.29 is 4.39 Å². The van der Waals surface area contributed by atoms with Crippen molar-refractivity contribution in [3.05, 3.63) is 142 Å². The highest BCUT2D eigenvalue weighted by molar-refractivity contribution is 5.70. The molecule has 0 aliphatic rings. The lowest BCUT2D eigenvalue weighted by Crippen LogP contribution is -1.98. The van der Waals surface area contributed by atoms with Crippen molar-refractivity contribution in [1.82, 2.24) is 0 Å². The number of benzene rings is 4. The van der Waals surface area contributed by atoms with Crippen LogP contribution in [0, 0.1) is 5.82 Å². The third kappa shape index (κ3) is 7.26. The maximum atomic E-state index is 14.7. The lowest BCUT2D eigenvalue weighted by molar-refractivity contribution is 0.622. The first-order chi connectivity index (χ1) is 17.1. The van der Waals surface area contributed by atoms with Crippen LogP contribution in [-0.2, 0) is 25.7 Å². The highest BCUT2D eigenvalue weighted by Crippen LogP contribution is 2.21. The summed E-state index contributed by atoms with van der Waals surface area (Å²) in [5.74, 6) is 0.316. The van der Waals surface area contributed by atoms with E-state index < -0.39 is 0 Å². The van der Waals surface area contributed by atoms with Crippen molar-refractivity contribution in [2.24, 2.45) is 0 Å². The van der Waals surface area contributed by atoms with Crippen LogP contribution in [0.1, 0.15) is 65.1 Å². The summed E-state index contributed by atoms with van der Waals surface area (Å²) in [6, 6.07) is 33.6. The zero-order valence-corrected chi connectivity index (χ0v) is 20.9. The SMILES string of the molecule is CCCc1ccc(CCc2ccc(/C=C/c3ccc(CC(C)c4ccccc4)cc3)c(F)c2)cc1. The van der Waals surface area contributed by atoms with Crippen LogP contribution < -0.4 is 0 Å². The van der Waals surface area contributed by atoms with Crippen molar-refractivity contribution in [2.75, 3.05) is 0 Å². The van der Waals surface area contributed by atoms with E-state index >= 15 is 0 Å². The smallest absolute Gasteiger partial charge is 0.130 e. The summed E-state index contributed by atoms with van der Waals surface area (Å²) in [7, 11) is 0. The van der Waals surface area contributed by atoms with E-state index in [1.165, 1.54) is 28.7 Å². The van der Waals surface area contributed by atoms with Gasteiger partial charge in [-0.15, -0.1) is 0 Å². The molecule has 0 N–H and O–H groups in total. The standard InChI is InChI=1S/C34H35F/c1-3-7-27-10-12-28(13-11-27)16-19-31-21-23-33(34(35)25-31)22-20-29-14-17-30(18-15-29)24-26(2)32-8-5-4-6-9-32/h4-6,8-15,17-18,20-23,25-26H,3,7,16,19,24H2,1-2H3/b22-20+. The molecular weight excluding hydrogens is 427 g/mol. The fourth-order valence-corrected chi connectivity index (χ4v) is 4.52. The summed E-state index contributed by atoms with van der Waals surface area (Å²) in [5, 5.41) is 0. The third-order valence-electron chi connectivity index (χ3n) is 6.67. The molecular formula is C34H35F. The van der Waals surface area contributed by atoms with Gasteiger partial charge < -0.3 is 0 Å². The molecule has 0 radical (unpaired) electrons. The van der Waals surface area contributed by atoms with Gasteiger partial charge in [-0.1, -0.05) is 123 Å². The monoisotopic (exact) mass is 462 g/mol. The molecule has 0 aliphatic carbocycles. The zero-order valence-electron chi connectivity index (χ0n) is 20.9. The molecule has 4 rings (SSSR count). The highest BCUT2D eigenvalue weighted by atomic mass is 19.1. The fourth-order valence-electron chi connectivity index (χ4n) is 4.52. The molecule has 0 aliphatic heterocycles. The van der Waals surface area contributed by atoms with Crippen LogP contribution in [0.5, 0.6) is 0 Å². The number of hydrogen-bond acceptors (Lipinski definition) is 0. The minimum absolute atomic E-state index is 0.162. The molecule has 1 heteroatoms. The fraction of sp³-hybridized carbons (Fsp3) is 0.235. The number of halogens is 1. The Balaban J connectivity index is 1.32. The number of rotatable bonds is 10. The van der Waals surface area contributed by atoms with E-state index in [-0.39, 0.29) is 5.82 Å². The normalized spacial score (nSPS) is 12.2. The van der Waals surface area contributed by atoms with Gasteiger partial charge in [-0.05, 0) is 71.0 Å². The molecule has 0 nitrogen and oxygen atoms in total. The summed E-state index contributed by atoms with van der Waals surface area (Å²) >= 11 is 0. The highest BCUT2D eigenvalue weighted by Gasteiger charge is 2.06. The number of aryl methyl sites for hydroxylation is 3. The van der Waals surface area contributed by atoms with E-state index in [1.807, 2.05) is 24.3 Å². The first-order valence-electron chi connectivity index (χ1n) is 12.8. The van der Waals surface area contributed by atoms with E-state index in [2.05, 4.69) is 92.7 Å². The van der Waals surface area contributed by atoms with Gasteiger partial charge in [-0.2, -0.15) is 0 Å². The maximum Gasteiger partial charge on any atom is 0.130 e. The van der Waals surface area contributed by atoms with Gasteiger partial charge in [-0.3, -0.25) is 0 Å². The minimum Gasteiger partial charge on any atom is -0.206 e. The van der Waals surface area contributed by atoms with Gasteiger partial charge in [0.25, 0.3) is 0 Å². The Bertz CT molecular complexity index is 1220.